The predicted molar refractivity (Wildman–Crippen MR) is 133 cm³/mol. The second-order valence-electron chi connectivity index (χ2n) is 7.89. The second kappa shape index (κ2) is 8.87. The number of nitrogens with zero attached hydrogens (tertiary/aromatic N) is 2. The van der Waals surface area contributed by atoms with E-state index >= 15 is 0 Å². The number of aromatic nitrogens is 1. The van der Waals surface area contributed by atoms with Crippen LogP contribution in [0.25, 0.3) is 21.3 Å². The molecule has 0 atom stereocenters. The number of nitrogens with one attached hydrogen (secondary N) is 1. The third kappa shape index (κ3) is 4.26. The van der Waals surface area contributed by atoms with Crippen LogP contribution >= 0.6 is 22.9 Å². The van der Waals surface area contributed by atoms with Crippen LogP contribution in [-0.2, 0) is 12.8 Å². The van der Waals surface area contributed by atoms with E-state index in [0.717, 1.165) is 65.5 Å². The minimum absolute atomic E-state index is 0.764. The molecule has 0 amide bonds. The van der Waals surface area contributed by atoms with E-state index in [0.29, 0.717) is 0 Å². The summed E-state index contributed by atoms with van der Waals surface area (Å²) in [4.78, 5) is 9.15. The molecule has 0 bridgehead atoms. The minimum atomic E-state index is 0.764. The van der Waals surface area contributed by atoms with Crippen molar-refractivity contribution in [1.82, 2.24) is 10.3 Å². The first-order chi connectivity index (χ1) is 15.2. The maximum Gasteiger partial charge on any atom is 0.125 e. The summed E-state index contributed by atoms with van der Waals surface area (Å²) in [7, 11) is 0. The summed E-state index contributed by atoms with van der Waals surface area (Å²) >= 11 is 8.03. The summed E-state index contributed by atoms with van der Waals surface area (Å²) < 4.78 is 0. The molecule has 6 heteroatoms. The molecule has 158 valence electrons. The molecule has 0 saturated carbocycles. The van der Waals surface area contributed by atoms with Crippen molar-refractivity contribution in [1.29, 1.82) is 0 Å². The van der Waals surface area contributed by atoms with E-state index in [1.54, 1.807) is 11.3 Å². The Morgan fingerprint density at radius 2 is 1.90 bits per heavy atom. The quantitative estimate of drug-likeness (QED) is 0.429. The SMILES string of the molecule is Nc1c(CCc2ccc(N3CCNCC3)c(-c3cccc(Cl)c3)c2)sc2ncccc12. The van der Waals surface area contributed by atoms with Gasteiger partial charge in [0.05, 0.1) is 5.69 Å². The van der Waals surface area contributed by atoms with Crippen LogP contribution in [0.5, 0.6) is 0 Å². The van der Waals surface area contributed by atoms with Crippen molar-refractivity contribution in [2.75, 3.05) is 36.8 Å². The molecule has 1 saturated heterocycles. The fourth-order valence-corrected chi connectivity index (χ4v) is 5.50. The van der Waals surface area contributed by atoms with Crippen LogP contribution in [-0.4, -0.2) is 31.2 Å². The number of halogens is 1. The molecule has 4 aromatic rings. The average molecular weight is 449 g/mol. The molecule has 1 fully saturated rings. The number of fused-ring (bicyclic) bond motifs is 1. The van der Waals surface area contributed by atoms with Crippen molar-refractivity contribution in [2.24, 2.45) is 0 Å². The lowest BCUT2D eigenvalue weighted by Crippen LogP contribution is -2.43. The lowest BCUT2D eigenvalue weighted by molar-refractivity contribution is 0.589. The smallest absolute Gasteiger partial charge is 0.125 e. The summed E-state index contributed by atoms with van der Waals surface area (Å²) in [6.07, 6.45) is 3.68. The third-order valence-electron chi connectivity index (χ3n) is 5.88. The maximum atomic E-state index is 6.41. The number of hydrogen-bond acceptors (Lipinski definition) is 5. The maximum absolute atomic E-state index is 6.41. The summed E-state index contributed by atoms with van der Waals surface area (Å²) in [5.74, 6) is 0. The Morgan fingerprint density at radius 1 is 1.03 bits per heavy atom. The first-order valence-corrected chi connectivity index (χ1v) is 11.8. The Hall–Kier alpha value is -2.60. The molecule has 3 N–H and O–H groups in total. The molecule has 0 radical (unpaired) electrons. The zero-order valence-corrected chi connectivity index (χ0v) is 18.8. The Kier molecular flexibility index (Phi) is 5.81. The van der Waals surface area contributed by atoms with Crippen LogP contribution in [0, 0.1) is 0 Å². The molecule has 3 heterocycles. The summed E-state index contributed by atoms with van der Waals surface area (Å²) in [6.45, 7) is 4.04. The van der Waals surface area contributed by atoms with Crippen LogP contribution in [0.4, 0.5) is 11.4 Å². The van der Waals surface area contributed by atoms with Gasteiger partial charge >= 0.3 is 0 Å². The van der Waals surface area contributed by atoms with Crippen molar-refractivity contribution < 1.29 is 0 Å². The van der Waals surface area contributed by atoms with Gasteiger partial charge in [0.2, 0.25) is 0 Å². The van der Waals surface area contributed by atoms with E-state index in [4.69, 9.17) is 17.3 Å². The van der Waals surface area contributed by atoms with Crippen LogP contribution < -0.4 is 16.0 Å². The number of nitrogens with two attached hydrogens (primary N) is 1. The Morgan fingerprint density at radius 3 is 2.71 bits per heavy atom. The first kappa shape index (κ1) is 20.3. The van der Waals surface area contributed by atoms with E-state index in [1.165, 1.54) is 21.7 Å². The first-order valence-electron chi connectivity index (χ1n) is 10.7. The van der Waals surface area contributed by atoms with Crippen LogP contribution in [0.3, 0.4) is 0 Å². The third-order valence-corrected chi connectivity index (χ3v) is 7.30. The zero-order chi connectivity index (χ0) is 21.2. The summed E-state index contributed by atoms with van der Waals surface area (Å²) in [5, 5.41) is 5.27. The van der Waals surface area contributed by atoms with Gasteiger partial charge in [-0.15, -0.1) is 11.3 Å². The topological polar surface area (TPSA) is 54.2 Å². The van der Waals surface area contributed by atoms with Crippen molar-refractivity contribution in [3.8, 4) is 11.1 Å². The summed E-state index contributed by atoms with van der Waals surface area (Å²) in [6, 6.07) is 19.0. The van der Waals surface area contributed by atoms with Crippen molar-refractivity contribution in [3.05, 3.63) is 76.3 Å². The number of nitrogen functional groups attached to an aromatic ring is 1. The minimum Gasteiger partial charge on any atom is -0.397 e. The summed E-state index contributed by atoms with van der Waals surface area (Å²) in [5.41, 5.74) is 12.3. The van der Waals surface area contributed by atoms with E-state index in [2.05, 4.69) is 51.6 Å². The molecular formula is C25H25ClN4S. The van der Waals surface area contributed by atoms with Gasteiger partial charge in [-0.2, -0.15) is 0 Å². The van der Waals surface area contributed by atoms with E-state index in [1.807, 2.05) is 24.4 Å². The average Bonchev–Trinajstić information content (AvgIpc) is 3.14. The molecule has 4 nitrogen and oxygen atoms in total. The highest BCUT2D eigenvalue weighted by Crippen LogP contribution is 2.35. The van der Waals surface area contributed by atoms with Crippen molar-refractivity contribution in [3.63, 3.8) is 0 Å². The van der Waals surface area contributed by atoms with Gasteiger partial charge in [-0.25, -0.2) is 4.98 Å². The number of thiophene rings is 1. The molecule has 1 aliphatic rings. The molecule has 31 heavy (non-hydrogen) atoms. The number of anilines is 2. The molecular weight excluding hydrogens is 424 g/mol. The van der Waals surface area contributed by atoms with Crippen LogP contribution in [0.1, 0.15) is 10.4 Å². The number of pyridine rings is 1. The van der Waals surface area contributed by atoms with E-state index in [-0.39, 0.29) is 0 Å². The fraction of sp³-hybridized carbons (Fsp3) is 0.240. The van der Waals surface area contributed by atoms with Gasteiger partial charge in [0, 0.05) is 58.9 Å². The molecule has 0 aliphatic carbocycles. The molecule has 0 spiro atoms. The number of aryl methyl sites for hydroxylation is 2. The largest absolute Gasteiger partial charge is 0.397 e. The highest BCUT2D eigenvalue weighted by Gasteiger charge is 2.17. The van der Waals surface area contributed by atoms with Crippen molar-refractivity contribution in [2.45, 2.75) is 12.8 Å². The predicted octanol–water partition coefficient (Wildman–Crippen LogP) is 5.39. The highest BCUT2D eigenvalue weighted by molar-refractivity contribution is 7.19. The van der Waals surface area contributed by atoms with Gasteiger partial charge in [-0.1, -0.05) is 29.8 Å². The Balaban J connectivity index is 1.46. The fourth-order valence-electron chi connectivity index (χ4n) is 4.25. The van der Waals surface area contributed by atoms with Gasteiger partial charge in [0.25, 0.3) is 0 Å². The monoisotopic (exact) mass is 448 g/mol. The number of piperazine rings is 1. The second-order valence-corrected chi connectivity index (χ2v) is 9.41. The van der Waals surface area contributed by atoms with Gasteiger partial charge in [0.15, 0.2) is 0 Å². The number of rotatable bonds is 5. The number of benzene rings is 2. The molecule has 0 unspecified atom stereocenters. The van der Waals surface area contributed by atoms with E-state index in [9.17, 15) is 0 Å². The van der Waals surface area contributed by atoms with Gasteiger partial charge in [-0.05, 0) is 60.4 Å². The molecule has 2 aromatic heterocycles. The van der Waals surface area contributed by atoms with Gasteiger partial charge < -0.3 is 16.0 Å². The molecule has 1 aliphatic heterocycles. The van der Waals surface area contributed by atoms with Crippen LogP contribution in [0.2, 0.25) is 5.02 Å². The highest BCUT2D eigenvalue weighted by atomic mass is 35.5. The zero-order valence-electron chi connectivity index (χ0n) is 17.3. The van der Waals surface area contributed by atoms with Gasteiger partial charge in [0.1, 0.15) is 4.83 Å². The van der Waals surface area contributed by atoms with E-state index < -0.39 is 0 Å². The van der Waals surface area contributed by atoms with Gasteiger partial charge in [-0.3, -0.25) is 0 Å². The standard InChI is InChI=1S/C25H25ClN4S/c26-19-4-1-3-18(16-19)21-15-17(6-8-22(21)30-13-11-28-12-14-30)7-9-23-24(27)20-5-2-10-29-25(20)31-23/h1-6,8,10,15-16,28H,7,9,11-14,27H2. The Labute approximate surface area is 191 Å². The lowest BCUT2D eigenvalue weighted by Gasteiger charge is -2.31. The molecule has 2 aromatic carbocycles. The molecule has 5 rings (SSSR count). The van der Waals surface area contributed by atoms with Crippen LogP contribution in [0.15, 0.2) is 60.8 Å². The normalized spacial score (nSPS) is 14.3. The lowest BCUT2D eigenvalue weighted by atomic mass is 9.97. The van der Waals surface area contributed by atoms with Crippen molar-refractivity contribution >= 4 is 44.5 Å². The number of hydrogen-bond donors (Lipinski definition) is 2. The Bertz CT molecular complexity index is 1210.